The maximum atomic E-state index is 12.1. The Morgan fingerprint density at radius 1 is 1.60 bits per heavy atom. The number of rotatable bonds is 3. The molecule has 0 aromatic carbocycles. The van der Waals surface area contributed by atoms with E-state index in [1.807, 2.05) is 0 Å². The minimum atomic E-state index is -0.919. The highest BCUT2D eigenvalue weighted by molar-refractivity contribution is 5.03. The zero-order chi connectivity index (χ0) is 14.9. The van der Waals surface area contributed by atoms with Gasteiger partial charge in [0.25, 0.3) is 0 Å². The van der Waals surface area contributed by atoms with Gasteiger partial charge >= 0.3 is 11.2 Å². The first-order valence-electron chi connectivity index (χ1n) is 5.84. The van der Waals surface area contributed by atoms with E-state index in [4.69, 9.17) is 15.4 Å². The van der Waals surface area contributed by atoms with E-state index in [0.717, 1.165) is 4.57 Å². The molecule has 3 atom stereocenters. The van der Waals surface area contributed by atoms with Crippen LogP contribution >= 0.6 is 0 Å². The number of azide groups is 1. The minimum Gasteiger partial charge on any atom is -0.394 e. The summed E-state index contributed by atoms with van der Waals surface area (Å²) in [5, 5.41) is 21.7. The van der Waals surface area contributed by atoms with Crippen LogP contribution in [0.5, 0.6) is 0 Å². The number of aryl methyl sites for hydroxylation is 1. The van der Waals surface area contributed by atoms with Gasteiger partial charge in [-0.15, -0.1) is 5.53 Å². The van der Waals surface area contributed by atoms with Crippen LogP contribution < -0.4 is 11.2 Å². The third-order valence-corrected chi connectivity index (χ3v) is 3.09. The van der Waals surface area contributed by atoms with Crippen molar-refractivity contribution in [3.05, 3.63) is 43.0 Å². The normalized spacial score (nSPS) is 25.4. The van der Waals surface area contributed by atoms with E-state index < -0.39 is 29.7 Å². The van der Waals surface area contributed by atoms with Gasteiger partial charge in [0.15, 0.2) is 0 Å². The van der Waals surface area contributed by atoms with Crippen LogP contribution in [-0.2, 0) is 4.74 Å². The number of ether oxygens (including phenoxy) is 1. The molecule has 1 saturated heterocycles. The zero-order valence-electron chi connectivity index (χ0n) is 10.6. The highest BCUT2D eigenvalue weighted by atomic mass is 16.5. The molecule has 2 rings (SSSR count). The highest BCUT2D eigenvalue weighted by Gasteiger charge is 2.35. The summed E-state index contributed by atoms with van der Waals surface area (Å²) in [5.74, 6) is 0. The van der Waals surface area contributed by atoms with Crippen molar-refractivity contribution in [2.75, 3.05) is 6.61 Å². The molecule has 2 heterocycles. The Morgan fingerprint density at radius 2 is 2.30 bits per heavy atom. The largest absolute Gasteiger partial charge is 0.428 e. The van der Waals surface area contributed by atoms with Gasteiger partial charge in [0, 0.05) is 12.6 Å². The van der Waals surface area contributed by atoms with Crippen molar-refractivity contribution in [3.63, 3.8) is 0 Å². The predicted octanol–water partition coefficient (Wildman–Crippen LogP) is -0.967. The minimum absolute atomic E-state index is 0.0824. The second-order valence-electron chi connectivity index (χ2n) is 4.41. The maximum Gasteiger partial charge on any atom is 0.428 e. The van der Waals surface area contributed by atoms with Gasteiger partial charge in [-0.2, -0.15) is 4.91 Å². The molecule has 1 aliphatic heterocycles. The van der Waals surface area contributed by atoms with Crippen LogP contribution in [0.2, 0.25) is 0 Å². The van der Waals surface area contributed by atoms with Crippen LogP contribution in [0, 0.1) is 6.92 Å². The number of aromatic nitrogens is 2. The quantitative estimate of drug-likeness (QED) is 0.417. The Kier molecular flexibility index (Phi) is 3.91. The van der Waals surface area contributed by atoms with Gasteiger partial charge in [0.1, 0.15) is 12.3 Å². The lowest BCUT2D eigenvalue weighted by molar-refractivity contribution is -0.0463. The highest BCUT2D eigenvalue weighted by Crippen LogP contribution is 2.27. The van der Waals surface area contributed by atoms with E-state index in [-0.39, 0.29) is 18.6 Å². The summed E-state index contributed by atoms with van der Waals surface area (Å²) in [4.78, 5) is 26.2. The molecule has 108 valence electrons. The fourth-order valence-electron chi connectivity index (χ4n) is 2.06. The Morgan fingerprint density at radius 3 is 2.85 bits per heavy atom. The van der Waals surface area contributed by atoms with Crippen molar-refractivity contribution in [1.29, 1.82) is 0 Å². The first kappa shape index (κ1) is 14.3. The standard InChI is InChI=1S/C10H13N5O5/c1-5-3-14(8-2-6(17)7(4-16)20-8)10(19)15(9(5)18)13-12-11/h3,6-8,16-17H,2,4H2,1H3/t6-,7+,8+/m0/s1. The molecule has 2 N–H and O–H groups in total. The number of hydrogen-bond donors (Lipinski definition) is 2. The zero-order valence-corrected chi connectivity index (χ0v) is 10.6. The van der Waals surface area contributed by atoms with Gasteiger partial charge in [-0.25, -0.2) is 9.59 Å². The first-order chi connectivity index (χ1) is 9.49. The molecule has 1 aromatic heterocycles. The van der Waals surface area contributed by atoms with E-state index in [1.165, 1.54) is 13.1 Å². The summed E-state index contributed by atoms with van der Waals surface area (Å²) < 4.78 is 6.78. The fraction of sp³-hybridized carbons (Fsp3) is 0.600. The summed E-state index contributed by atoms with van der Waals surface area (Å²) >= 11 is 0. The lowest BCUT2D eigenvalue weighted by Crippen LogP contribution is -2.40. The van der Waals surface area contributed by atoms with Crippen molar-refractivity contribution in [1.82, 2.24) is 9.24 Å². The van der Waals surface area contributed by atoms with Crippen molar-refractivity contribution >= 4 is 0 Å². The molecule has 1 fully saturated rings. The summed E-state index contributed by atoms with van der Waals surface area (Å²) in [5.41, 5.74) is 6.98. The van der Waals surface area contributed by atoms with Gasteiger partial charge in [0.05, 0.1) is 18.3 Å². The Balaban J connectivity index is 2.52. The molecule has 0 radical (unpaired) electrons. The van der Waals surface area contributed by atoms with Gasteiger partial charge in [-0.1, -0.05) is 4.68 Å². The number of nitrogens with zero attached hydrogens (tertiary/aromatic N) is 5. The molecule has 0 aliphatic carbocycles. The second kappa shape index (κ2) is 5.47. The molecule has 10 heteroatoms. The van der Waals surface area contributed by atoms with Gasteiger partial charge in [-0.3, -0.25) is 4.57 Å². The van der Waals surface area contributed by atoms with E-state index >= 15 is 0 Å². The molecule has 0 unspecified atom stereocenters. The average Bonchev–Trinajstić information content (AvgIpc) is 2.80. The molecule has 0 amide bonds. The third-order valence-electron chi connectivity index (χ3n) is 3.09. The van der Waals surface area contributed by atoms with Crippen LogP contribution in [0.4, 0.5) is 0 Å². The number of aliphatic hydroxyl groups excluding tert-OH is 2. The van der Waals surface area contributed by atoms with Crippen molar-refractivity contribution in [2.45, 2.75) is 31.8 Å². The van der Waals surface area contributed by atoms with Crippen LogP contribution in [0.1, 0.15) is 18.2 Å². The lowest BCUT2D eigenvalue weighted by Gasteiger charge is -2.14. The Bertz CT molecular complexity index is 674. The van der Waals surface area contributed by atoms with Crippen LogP contribution in [0.3, 0.4) is 0 Å². The van der Waals surface area contributed by atoms with Gasteiger partial charge < -0.3 is 14.9 Å². The predicted molar refractivity (Wildman–Crippen MR) is 65.9 cm³/mol. The molecule has 1 aromatic rings. The third kappa shape index (κ3) is 2.32. The van der Waals surface area contributed by atoms with E-state index in [9.17, 15) is 14.7 Å². The van der Waals surface area contributed by atoms with E-state index in [0.29, 0.717) is 4.68 Å². The molecule has 20 heavy (non-hydrogen) atoms. The van der Waals surface area contributed by atoms with E-state index in [2.05, 4.69) is 10.1 Å². The van der Waals surface area contributed by atoms with Gasteiger partial charge in [0.2, 0.25) is 0 Å². The first-order valence-corrected chi connectivity index (χ1v) is 5.84. The number of aliphatic hydroxyl groups is 2. The maximum absolute atomic E-state index is 12.1. The summed E-state index contributed by atoms with van der Waals surface area (Å²) in [6, 6.07) is 0. The molecule has 0 saturated carbocycles. The SMILES string of the molecule is Cc1cn([C@H]2C[C@H](O)[C@@H](CO)O2)c(=O)n(N=[N+]=[N-])c1=O. The molecule has 10 nitrogen and oxygen atoms in total. The van der Waals surface area contributed by atoms with E-state index in [1.54, 1.807) is 0 Å². The van der Waals surface area contributed by atoms with Crippen molar-refractivity contribution in [3.8, 4) is 0 Å². The smallest absolute Gasteiger partial charge is 0.394 e. The summed E-state index contributed by atoms with van der Waals surface area (Å²) in [7, 11) is 0. The Labute approximate surface area is 112 Å². The summed E-state index contributed by atoms with van der Waals surface area (Å²) in [6.07, 6.45) is -1.21. The topological polar surface area (TPSA) is 142 Å². The second-order valence-corrected chi connectivity index (χ2v) is 4.41. The lowest BCUT2D eigenvalue weighted by atomic mass is 10.2. The Hall–Kier alpha value is -2.13. The van der Waals surface area contributed by atoms with Crippen molar-refractivity contribution in [2.24, 2.45) is 5.22 Å². The van der Waals surface area contributed by atoms with Crippen LogP contribution in [-0.4, -0.2) is 38.3 Å². The van der Waals surface area contributed by atoms with Crippen LogP contribution in [0.15, 0.2) is 21.0 Å². The van der Waals surface area contributed by atoms with Crippen molar-refractivity contribution < 1.29 is 14.9 Å². The van der Waals surface area contributed by atoms with Gasteiger partial charge in [-0.05, 0) is 12.1 Å². The molecule has 0 bridgehead atoms. The molecule has 0 spiro atoms. The van der Waals surface area contributed by atoms with Crippen LogP contribution in [0.25, 0.3) is 10.4 Å². The monoisotopic (exact) mass is 283 g/mol. The average molecular weight is 283 g/mol. The fourth-order valence-corrected chi connectivity index (χ4v) is 2.06. The summed E-state index contributed by atoms with van der Waals surface area (Å²) in [6.45, 7) is 1.07. The molecular weight excluding hydrogens is 270 g/mol. The molecular formula is C10H13N5O5. The number of hydrogen-bond acceptors (Lipinski definition) is 6. The molecule has 1 aliphatic rings.